The van der Waals surface area contributed by atoms with Crippen molar-refractivity contribution in [3.05, 3.63) is 35.9 Å². The van der Waals surface area contributed by atoms with Crippen molar-refractivity contribution in [3.8, 4) is 0 Å². The number of rotatable bonds is 14. The molecule has 1 rings (SSSR count). The number of methoxy groups -OCH3 is 1. The summed E-state index contributed by atoms with van der Waals surface area (Å²) in [6.45, 7) is 4.59. The predicted octanol–water partition coefficient (Wildman–Crippen LogP) is 3.57. The third-order valence-electron chi connectivity index (χ3n) is 3.56. The molecule has 1 aromatic carbocycles. The first kappa shape index (κ1) is 20.1. The topological polar surface area (TPSA) is 47.9 Å². The second kappa shape index (κ2) is 12.5. The standard InChI is InChI=1S/C19H32O4/c1-19(20,16-21-2)17-23-14-10-5-3-4-9-13-22-15-18-11-7-6-8-12-18/h6-8,11-12,20H,3-5,9-10,13-17H2,1-2H3. The van der Waals surface area contributed by atoms with Gasteiger partial charge in [0.15, 0.2) is 0 Å². The van der Waals surface area contributed by atoms with Crippen molar-refractivity contribution < 1.29 is 19.3 Å². The lowest BCUT2D eigenvalue weighted by Crippen LogP contribution is -2.35. The van der Waals surface area contributed by atoms with Gasteiger partial charge in [-0.3, -0.25) is 0 Å². The van der Waals surface area contributed by atoms with Crippen LogP contribution in [-0.4, -0.2) is 44.2 Å². The van der Waals surface area contributed by atoms with Gasteiger partial charge in [0.2, 0.25) is 0 Å². The zero-order chi connectivity index (χ0) is 16.8. The van der Waals surface area contributed by atoms with Crippen LogP contribution in [0.1, 0.15) is 44.6 Å². The lowest BCUT2D eigenvalue weighted by atomic mass is 10.1. The van der Waals surface area contributed by atoms with Gasteiger partial charge < -0.3 is 19.3 Å². The van der Waals surface area contributed by atoms with E-state index in [4.69, 9.17) is 14.2 Å². The summed E-state index contributed by atoms with van der Waals surface area (Å²) in [7, 11) is 1.58. The average molecular weight is 324 g/mol. The smallest absolute Gasteiger partial charge is 0.108 e. The number of hydrogen-bond donors (Lipinski definition) is 1. The van der Waals surface area contributed by atoms with E-state index in [0.29, 0.717) is 26.4 Å². The molecule has 1 atom stereocenters. The first-order chi connectivity index (χ1) is 11.1. The van der Waals surface area contributed by atoms with Crippen molar-refractivity contribution in [3.63, 3.8) is 0 Å². The van der Waals surface area contributed by atoms with E-state index in [1.165, 1.54) is 18.4 Å². The fourth-order valence-electron chi connectivity index (χ4n) is 2.35. The molecule has 0 aromatic heterocycles. The minimum atomic E-state index is -0.884. The minimum absolute atomic E-state index is 0.302. The van der Waals surface area contributed by atoms with Crippen LogP contribution in [0.25, 0.3) is 0 Å². The molecule has 0 radical (unpaired) electrons. The zero-order valence-electron chi connectivity index (χ0n) is 14.6. The van der Waals surface area contributed by atoms with Gasteiger partial charge in [0.1, 0.15) is 5.60 Å². The van der Waals surface area contributed by atoms with Crippen LogP contribution in [0, 0.1) is 0 Å². The van der Waals surface area contributed by atoms with Crippen molar-refractivity contribution in [2.24, 2.45) is 0 Å². The number of ether oxygens (including phenoxy) is 3. The molecule has 0 saturated carbocycles. The van der Waals surface area contributed by atoms with Crippen molar-refractivity contribution in [1.29, 1.82) is 0 Å². The number of aliphatic hydroxyl groups is 1. The highest BCUT2D eigenvalue weighted by molar-refractivity contribution is 5.13. The highest BCUT2D eigenvalue weighted by atomic mass is 16.5. The van der Waals surface area contributed by atoms with Crippen LogP contribution < -0.4 is 0 Å². The Hall–Kier alpha value is -0.940. The molecule has 0 aliphatic rings. The van der Waals surface area contributed by atoms with Gasteiger partial charge >= 0.3 is 0 Å². The predicted molar refractivity (Wildman–Crippen MR) is 92.5 cm³/mol. The van der Waals surface area contributed by atoms with Crippen molar-refractivity contribution in [1.82, 2.24) is 0 Å². The maximum Gasteiger partial charge on any atom is 0.108 e. The van der Waals surface area contributed by atoms with Gasteiger partial charge in [-0.25, -0.2) is 0 Å². The summed E-state index contributed by atoms with van der Waals surface area (Å²) >= 11 is 0. The summed E-state index contributed by atoms with van der Waals surface area (Å²) in [5.41, 5.74) is 0.346. The van der Waals surface area contributed by atoms with Crippen molar-refractivity contribution in [2.45, 2.75) is 51.2 Å². The second-order valence-electron chi connectivity index (χ2n) is 6.29. The monoisotopic (exact) mass is 324 g/mol. The van der Waals surface area contributed by atoms with Crippen LogP contribution in [0.15, 0.2) is 30.3 Å². The fraction of sp³-hybridized carbons (Fsp3) is 0.684. The fourth-order valence-corrected chi connectivity index (χ4v) is 2.35. The van der Waals surface area contributed by atoms with E-state index in [2.05, 4.69) is 12.1 Å². The summed E-state index contributed by atoms with van der Waals surface area (Å²) in [5.74, 6) is 0. The highest BCUT2D eigenvalue weighted by Gasteiger charge is 2.19. The van der Waals surface area contributed by atoms with Crippen LogP contribution >= 0.6 is 0 Å². The summed E-state index contributed by atoms with van der Waals surface area (Å²) in [5, 5.41) is 9.86. The molecule has 1 aromatic rings. The van der Waals surface area contributed by atoms with Gasteiger partial charge in [0, 0.05) is 20.3 Å². The van der Waals surface area contributed by atoms with E-state index in [1.54, 1.807) is 14.0 Å². The highest BCUT2D eigenvalue weighted by Crippen LogP contribution is 2.07. The molecule has 0 aliphatic heterocycles. The Kier molecular flexibility index (Phi) is 10.9. The van der Waals surface area contributed by atoms with Gasteiger partial charge in [-0.1, -0.05) is 49.6 Å². The third kappa shape index (κ3) is 11.3. The Labute approximate surface area is 140 Å². The summed E-state index contributed by atoms with van der Waals surface area (Å²) in [6.07, 6.45) is 5.69. The summed E-state index contributed by atoms with van der Waals surface area (Å²) < 4.78 is 16.1. The first-order valence-electron chi connectivity index (χ1n) is 8.55. The average Bonchev–Trinajstić information content (AvgIpc) is 2.53. The lowest BCUT2D eigenvalue weighted by molar-refractivity contribution is -0.0752. The molecule has 1 N–H and O–H groups in total. The van der Waals surface area contributed by atoms with E-state index in [9.17, 15) is 5.11 Å². The van der Waals surface area contributed by atoms with Crippen LogP contribution in [-0.2, 0) is 20.8 Å². The van der Waals surface area contributed by atoms with Crippen LogP contribution in [0.3, 0.4) is 0 Å². The lowest BCUT2D eigenvalue weighted by Gasteiger charge is -2.21. The molecule has 0 aliphatic carbocycles. The molecule has 0 amide bonds. The molecule has 0 saturated heterocycles. The number of hydrogen-bond acceptors (Lipinski definition) is 4. The molecule has 0 bridgehead atoms. The Balaban J connectivity index is 1.83. The maximum atomic E-state index is 9.86. The number of benzene rings is 1. The van der Waals surface area contributed by atoms with Gasteiger partial charge in [-0.15, -0.1) is 0 Å². The zero-order valence-corrected chi connectivity index (χ0v) is 14.6. The van der Waals surface area contributed by atoms with E-state index >= 15 is 0 Å². The molecule has 132 valence electrons. The van der Waals surface area contributed by atoms with Crippen molar-refractivity contribution >= 4 is 0 Å². The molecular formula is C19H32O4. The second-order valence-corrected chi connectivity index (χ2v) is 6.29. The molecule has 0 fully saturated rings. The Morgan fingerprint density at radius 2 is 1.48 bits per heavy atom. The van der Waals surface area contributed by atoms with Crippen molar-refractivity contribution in [2.75, 3.05) is 33.5 Å². The summed E-state index contributed by atoms with van der Waals surface area (Å²) in [6, 6.07) is 10.3. The van der Waals surface area contributed by atoms with Gasteiger partial charge in [-0.05, 0) is 25.3 Å². The van der Waals surface area contributed by atoms with E-state index in [1.807, 2.05) is 18.2 Å². The third-order valence-corrected chi connectivity index (χ3v) is 3.56. The van der Waals surface area contributed by atoms with Crippen LogP contribution in [0.5, 0.6) is 0 Å². The van der Waals surface area contributed by atoms with Crippen LogP contribution in [0.2, 0.25) is 0 Å². The maximum absolute atomic E-state index is 9.86. The van der Waals surface area contributed by atoms with E-state index in [0.717, 1.165) is 25.9 Å². The van der Waals surface area contributed by atoms with Gasteiger partial charge in [0.05, 0.1) is 19.8 Å². The van der Waals surface area contributed by atoms with Gasteiger partial charge in [-0.2, -0.15) is 0 Å². The molecule has 0 heterocycles. The Morgan fingerprint density at radius 3 is 2.13 bits per heavy atom. The molecule has 4 nitrogen and oxygen atoms in total. The minimum Gasteiger partial charge on any atom is -0.385 e. The Bertz CT molecular complexity index is 378. The normalized spacial score (nSPS) is 13.9. The SMILES string of the molecule is COCC(C)(O)COCCCCCCCOCc1ccccc1. The summed E-state index contributed by atoms with van der Waals surface area (Å²) in [4.78, 5) is 0. The largest absolute Gasteiger partial charge is 0.385 e. The van der Waals surface area contributed by atoms with Crippen LogP contribution in [0.4, 0.5) is 0 Å². The molecular weight excluding hydrogens is 292 g/mol. The first-order valence-corrected chi connectivity index (χ1v) is 8.55. The Morgan fingerprint density at radius 1 is 0.870 bits per heavy atom. The number of unbranched alkanes of at least 4 members (excludes halogenated alkanes) is 4. The van der Waals surface area contributed by atoms with E-state index < -0.39 is 5.60 Å². The molecule has 4 heteroatoms. The molecule has 0 spiro atoms. The quantitative estimate of drug-likeness (QED) is 0.532. The van der Waals surface area contributed by atoms with Gasteiger partial charge in [0.25, 0.3) is 0 Å². The molecule has 1 unspecified atom stereocenters. The molecule has 23 heavy (non-hydrogen) atoms. The van der Waals surface area contributed by atoms with E-state index in [-0.39, 0.29) is 0 Å².